The standard InChI is InChI=1S/C11H26N2/c1-12(2,3)10-11-13(4)8-6-5-7-9-13/h5-11H2,1-4H3/q+2. The molecule has 0 saturated carbocycles. The molecule has 2 heteroatoms. The highest BCUT2D eigenvalue weighted by Crippen LogP contribution is 2.16. The molecule has 78 valence electrons. The summed E-state index contributed by atoms with van der Waals surface area (Å²) in [5.74, 6) is 0. The minimum Gasteiger partial charge on any atom is -0.326 e. The van der Waals surface area contributed by atoms with Crippen molar-refractivity contribution in [1.82, 2.24) is 0 Å². The Bertz CT molecular complexity index is 152. The highest BCUT2D eigenvalue weighted by molar-refractivity contribution is 4.51. The predicted octanol–water partition coefficient (Wildman–Crippen LogP) is 1.32. The first-order chi connectivity index (χ1) is 5.91. The van der Waals surface area contributed by atoms with Crippen molar-refractivity contribution in [2.75, 3.05) is 54.4 Å². The minimum atomic E-state index is 1.10. The molecule has 1 saturated heterocycles. The second-order valence-corrected chi connectivity index (χ2v) is 5.86. The van der Waals surface area contributed by atoms with Gasteiger partial charge in [-0.1, -0.05) is 0 Å². The molecule has 1 heterocycles. The van der Waals surface area contributed by atoms with Crippen molar-refractivity contribution in [3.8, 4) is 0 Å². The van der Waals surface area contributed by atoms with Crippen molar-refractivity contribution in [3.63, 3.8) is 0 Å². The van der Waals surface area contributed by atoms with Crippen LogP contribution in [0.4, 0.5) is 0 Å². The molecule has 1 rings (SSSR count). The Morgan fingerprint density at radius 1 is 1.00 bits per heavy atom. The summed E-state index contributed by atoms with van der Waals surface area (Å²) in [6.07, 6.45) is 4.33. The van der Waals surface area contributed by atoms with Crippen LogP contribution >= 0.6 is 0 Å². The van der Waals surface area contributed by atoms with E-state index >= 15 is 0 Å². The highest BCUT2D eigenvalue weighted by atomic mass is 15.4. The maximum Gasteiger partial charge on any atom is 0.128 e. The summed E-state index contributed by atoms with van der Waals surface area (Å²) in [4.78, 5) is 0. The average molecular weight is 186 g/mol. The number of likely N-dealkylation sites (N-methyl/N-ethyl adjacent to an activating group) is 2. The molecule has 0 radical (unpaired) electrons. The summed E-state index contributed by atoms with van der Waals surface area (Å²) in [6.45, 7) is 5.46. The van der Waals surface area contributed by atoms with Gasteiger partial charge in [0.15, 0.2) is 0 Å². The summed E-state index contributed by atoms with van der Waals surface area (Å²) >= 11 is 0. The molecule has 1 fully saturated rings. The summed E-state index contributed by atoms with van der Waals surface area (Å²) in [5, 5.41) is 0. The Morgan fingerprint density at radius 2 is 1.54 bits per heavy atom. The lowest BCUT2D eigenvalue weighted by molar-refractivity contribution is -0.951. The highest BCUT2D eigenvalue weighted by Gasteiger charge is 2.26. The zero-order valence-corrected chi connectivity index (χ0v) is 9.84. The molecule has 1 aliphatic heterocycles. The summed E-state index contributed by atoms with van der Waals surface area (Å²) in [6, 6.07) is 0. The van der Waals surface area contributed by atoms with Crippen LogP contribution in [0, 0.1) is 0 Å². The van der Waals surface area contributed by atoms with E-state index in [1.54, 1.807) is 0 Å². The molecule has 0 amide bonds. The van der Waals surface area contributed by atoms with E-state index in [1.165, 1.54) is 49.9 Å². The number of likely N-dealkylation sites (tertiary alicyclic amines) is 1. The van der Waals surface area contributed by atoms with E-state index in [9.17, 15) is 0 Å². The molecule has 0 aromatic heterocycles. The van der Waals surface area contributed by atoms with Crippen molar-refractivity contribution in [2.24, 2.45) is 0 Å². The second-order valence-electron chi connectivity index (χ2n) is 5.86. The van der Waals surface area contributed by atoms with Gasteiger partial charge >= 0.3 is 0 Å². The minimum absolute atomic E-state index is 1.10. The van der Waals surface area contributed by atoms with Gasteiger partial charge in [-0.15, -0.1) is 0 Å². The lowest BCUT2D eigenvalue weighted by atomic mass is 10.1. The normalized spacial score (nSPS) is 23.1. The number of quaternary nitrogens is 2. The first-order valence-electron chi connectivity index (χ1n) is 5.55. The van der Waals surface area contributed by atoms with Gasteiger partial charge < -0.3 is 8.97 Å². The van der Waals surface area contributed by atoms with Gasteiger partial charge in [0.2, 0.25) is 0 Å². The summed E-state index contributed by atoms with van der Waals surface area (Å²) < 4.78 is 2.42. The third-order valence-electron chi connectivity index (χ3n) is 3.21. The number of hydrogen-bond donors (Lipinski definition) is 0. The number of nitrogens with zero attached hydrogens (tertiary/aromatic N) is 2. The third kappa shape index (κ3) is 4.10. The molecule has 0 aromatic carbocycles. The molecule has 0 unspecified atom stereocenters. The van der Waals surface area contributed by atoms with Gasteiger partial charge in [-0.3, -0.25) is 0 Å². The van der Waals surface area contributed by atoms with Crippen LogP contribution in [0.1, 0.15) is 19.3 Å². The lowest BCUT2D eigenvalue weighted by Crippen LogP contribution is -2.53. The van der Waals surface area contributed by atoms with Crippen LogP contribution in [0.15, 0.2) is 0 Å². The van der Waals surface area contributed by atoms with Crippen molar-refractivity contribution in [2.45, 2.75) is 19.3 Å². The number of piperidine rings is 1. The lowest BCUT2D eigenvalue weighted by Gasteiger charge is -2.39. The van der Waals surface area contributed by atoms with Crippen LogP contribution in [0.25, 0.3) is 0 Å². The van der Waals surface area contributed by atoms with Crippen LogP contribution in [0.5, 0.6) is 0 Å². The molecular formula is C11H26N2+2. The molecule has 0 N–H and O–H groups in total. The maximum atomic E-state index is 2.43. The first kappa shape index (κ1) is 11.0. The molecule has 0 aliphatic carbocycles. The molecular weight excluding hydrogens is 160 g/mol. The van der Waals surface area contributed by atoms with E-state index in [0.717, 1.165) is 4.48 Å². The van der Waals surface area contributed by atoms with E-state index < -0.39 is 0 Å². The van der Waals surface area contributed by atoms with Crippen LogP contribution in [0.2, 0.25) is 0 Å². The van der Waals surface area contributed by atoms with Crippen LogP contribution in [0.3, 0.4) is 0 Å². The van der Waals surface area contributed by atoms with Gasteiger partial charge in [-0.25, -0.2) is 0 Å². The van der Waals surface area contributed by atoms with Crippen molar-refractivity contribution in [1.29, 1.82) is 0 Å². The van der Waals surface area contributed by atoms with Crippen molar-refractivity contribution >= 4 is 0 Å². The van der Waals surface area contributed by atoms with Gasteiger partial charge in [0.1, 0.15) is 13.1 Å². The fraction of sp³-hybridized carbons (Fsp3) is 1.00. The van der Waals surface area contributed by atoms with Crippen LogP contribution in [-0.2, 0) is 0 Å². The Balaban J connectivity index is 2.33. The average Bonchev–Trinajstić information content (AvgIpc) is 2.02. The summed E-state index contributed by atoms with van der Waals surface area (Å²) in [5.41, 5.74) is 0. The number of hydrogen-bond acceptors (Lipinski definition) is 0. The van der Waals surface area contributed by atoms with Crippen molar-refractivity contribution in [3.05, 3.63) is 0 Å². The van der Waals surface area contributed by atoms with E-state index in [0.29, 0.717) is 0 Å². The molecule has 13 heavy (non-hydrogen) atoms. The third-order valence-corrected chi connectivity index (χ3v) is 3.21. The summed E-state index contributed by atoms with van der Waals surface area (Å²) in [7, 11) is 9.29. The molecule has 0 bridgehead atoms. The van der Waals surface area contributed by atoms with Gasteiger partial charge in [-0.2, -0.15) is 0 Å². The smallest absolute Gasteiger partial charge is 0.128 e. The van der Waals surface area contributed by atoms with Gasteiger partial charge in [0, 0.05) is 0 Å². The Labute approximate surface area is 83.3 Å². The van der Waals surface area contributed by atoms with Crippen LogP contribution in [-0.4, -0.2) is 63.3 Å². The van der Waals surface area contributed by atoms with E-state index in [4.69, 9.17) is 0 Å². The van der Waals surface area contributed by atoms with Gasteiger partial charge in [-0.05, 0) is 19.3 Å². The Kier molecular flexibility index (Phi) is 3.36. The SMILES string of the molecule is C[N+](C)(C)CC[N+]1(C)CCCCC1. The van der Waals surface area contributed by atoms with E-state index in [1.807, 2.05) is 0 Å². The zero-order valence-electron chi connectivity index (χ0n) is 9.84. The largest absolute Gasteiger partial charge is 0.326 e. The predicted molar refractivity (Wildman–Crippen MR) is 57.5 cm³/mol. The van der Waals surface area contributed by atoms with E-state index in [-0.39, 0.29) is 0 Å². The second kappa shape index (κ2) is 3.97. The molecule has 2 nitrogen and oxygen atoms in total. The Hall–Kier alpha value is -0.0800. The fourth-order valence-corrected chi connectivity index (χ4v) is 2.04. The van der Waals surface area contributed by atoms with Crippen LogP contribution < -0.4 is 0 Å². The molecule has 0 aromatic rings. The van der Waals surface area contributed by atoms with Gasteiger partial charge in [0.25, 0.3) is 0 Å². The fourth-order valence-electron chi connectivity index (χ4n) is 2.04. The quantitative estimate of drug-likeness (QED) is 0.583. The maximum absolute atomic E-state index is 2.43. The van der Waals surface area contributed by atoms with Crippen molar-refractivity contribution < 1.29 is 8.97 Å². The Morgan fingerprint density at radius 3 is 2.00 bits per heavy atom. The molecule has 0 spiro atoms. The monoisotopic (exact) mass is 186 g/mol. The first-order valence-corrected chi connectivity index (χ1v) is 5.55. The topological polar surface area (TPSA) is 0 Å². The molecule has 0 atom stereocenters. The van der Waals surface area contributed by atoms with Gasteiger partial charge in [0.05, 0.1) is 41.3 Å². The zero-order chi connectivity index (χ0) is 9.95. The van der Waals surface area contributed by atoms with E-state index in [2.05, 4.69) is 28.2 Å². The molecule has 1 aliphatic rings. The number of rotatable bonds is 3.